The van der Waals surface area contributed by atoms with Crippen LogP contribution in [0.15, 0.2) is 41.7 Å². The lowest BCUT2D eigenvalue weighted by atomic mass is 10.1. The van der Waals surface area contributed by atoms with E-state index >= 15 is 0 Å². The van der Waals surface area contributed by atoms with Crippen LogP contribution in [0, 0.1) is 0 Å². The van der Waals surface area contributed by atoms with Crippen LogP contribution in [0.3, 0.4) is 0 Å². The number of aromatic amines is 1. The van der Waals surface area contributed by atoms with E-state index in [0.29, 0.717) is 23.6 Å². The number of piperidine rings is 1. The molecular weight excluding hydrogens is 322 g/mol. The molecule has 0 aliphatic carbocycles. The molecule has 4 heterocycles. The summed E-state index contributed by atoms with van der Waals surface area (Å²) < 4.78 is 1.43. The zero-order valence-electron chi connectivity index (χ0n) is 13.4. The normalized spacial score (nSPS) is 17.6. The van der Waals surface area contributed by atoms with Gasteiger partial charge in [0, 0.05) is 43.9 Å². The van der Waals surface area contributed by atoms with Crippen molar-refractivity contribution >= 4 is 17.4 Å². The summed E-state index contributed by atoms with van der Waals surface area (Å²) in [7, 11) is 0. The fourth-order valence-corrected chi connectivity index (χ4v) is 3.11. The molecule has 4 rings (SSSR count). The lowest BCUT2D eigenvalue weighted by Gasteiger charge is -2.33. The number of carbonyl (C=O) groups is 1. The van der Waals surface area contributed by atoms with Crippen molar-refractivity contribution in [2.24, 2.45) is 0 Å². The molecule has 1 fully saturated rings. The van der Waals surface area contributed by atoms with Crippen LogP contribution in [0.25, 0.3) is 5.65 Å². The molecule has 3 aromatic rings. The number of rotatable bonds is 3. The number of anilines is 1. The maximum absolute atomic E-state index is 12.3. The van der Waals surface area contributed by atoms with Gasteiger partial charge in [-0.2, -0.15) is 0 Å². The Balaban J connectivity index is 1.53. The molecule has 9 nitrogen and oxygen atoms in total. The molecule has 25 heavy (non-hydrogen) atoms. The van der Waals surface area contributed by atoms with Crippen LogP contribution >= 0.6 is 0 Å². The van der Waals surface area contributed by atoms with Crippen LogP contribution in [0.5, 0.6) is 0 Å². The summed E-state index contributed by atoms with van der Waals surface area (Å²) in [6.07, 6.45) is 8.15. The summed E-state index contributed by atoms with van der Waals surface area (Å²) in [6, 6.07) is 3.47. The van der Waals surface area contributed by atoms with Gasteiger partial charge in [0.2, 0.25) is 5.65 Å². The van der Waals surface area contributed by atoms with E-state index in [9.17, 15) is 9.59 Å². The monoisotopic (exact) mass is 339 g/mol. The third-order valence-corrected chi connectivity index (χ3v) is 4.30. The summed E-state index contributed by atoms with van der Waals surface area (Å²) in [5, 5.41) is 9.53. The molecule has 1 saturated heterocycles. The maximum atomic E-state index is 12.3. The van der Waals surface area contributed by atoms with Crippen molar-refractivity contribution in [3.8, 4) is 0 Å². The number of amides is 1. The summed E-state index contributed by atoms with van der Waals surface area (Å²) >= 11 is 0. The second-order valence-electron chi connectivity index (χ2n) is 5.97. The zero-order chi connectivity index (χ0) is 17.2. The molecule has 0 spiro atoms. The number of carbonyl (C=O) groups excluding carboxylic acids is 1. The van der Waals surface area contributed by atoms with Crippen molar-refractivity contribution in [1.29, 1.82) is 0 Å². The second-order valence-corrected chi connectivity index (χ2v) is 5.97. The van der Waals surface area contributed by atoms with Crippen molar-refractivity contribution in [3.63, 3.8) is 0 Å². The predicted octanol–water partition coefficient (Wildman–Crippen LogP) is 0.211. The van der Waals surface area contributed by atoms with Gasteiger partial charge in [0.05, 0.1) is 5.56 Å². The third kappa shape index (κ3) is 2.95. The SMILES string of the molecule is O=C(NC1CCCN(c2nccn3c(=O)[nH]nc23)C1)c1cccnc1. The number of H-pyrrole nitrogens is 1. The first-order valence-electron chi connectivity index (χ1n) is 8.10. The fourth-order valence-electron chi connectivity index (χ4n) is 3.11. The predicted molar refractivity (Wildman–Crippen MR) is 90.5 cm³/mol. The lowest BCUT2D eigenvalue weighted by molar-refractivity contribution is 0.0933. The minimum Gasteiger partial charge on any atom is -0.351 e. The summed E-state index contributed by atoms with van der Waals surface area (Å²) in [5.41, 5.74) is 0.738. The van der Waals surface area contributed by atoms with Crippen LogP contribution in [0.1, 0.15) is 23.2 Å². The average Bonchev–Trinajstić information content (AvgIpc) is 3.04. The number of fused-ring (bicyclic) bond motifs is 1. The van der Waals surface area contributed by atoms with Gasteiger partial charge in [-0.1, -0.05) is 0 Å². The molecule has 0 bridgehead atoms. The Kier molecular flexibility index (Phi) is 3.88. The van der Waals surface area contributed by atoms with E-state index in [-0.39, 0.29) is 17.6 Å². The van der Waals surface area contributed by atoms with Gasteiger partial charge >= 0.3 is 5.69 Å². The Morgan fingerprint density at radius 3 is 3.12 bits per heavy atom. The van der Waals surface area contributed by atoms with E-state index in [1.54, 1.807) is 36.9 Å². The molecular formula is C16H17N7O2. The van der Waals surface area contributed by atoms with Gasteiger partial charge in [-0.15, -0.1) is 5.10 Å². The number of nitrogens with one attached hydrogen (secondary N) is 2. The van der Waals surface area contributed by atoms with E-state index in [4.69, 9.17) is 0 Å². The van der Waals surface area contributed by atoms with Crippen molar-refractivity contribution in [1.82, 2.24) is 29.9 Å². The second kappa shape index (κ2) is 6.34. The molecule has 1 atom stereocenters. The zero-order valence-corrected chi connectivity index (χ0v) is 13.4. The molecule has 1 aliphatic heterocycles. The molecule has 3 aromatic heterocycles. The molecule has 2 N–H and O–H groups in total. The lowest BCUT2D eigenvalue weighted by Crippen LogP contribution is -2.48. The quantitative estimate of drug-likeness (QED) is 0.706. The first kappa shape index (κ1) is 15.3. The molecule has 9 heteroatoms. The summed E-state index contributed by atoms with van der Waals surface area (Å²) in [4.78, 5) is 34.4. The topological polar surface area (TPSA) is 108 Å². The fraction of sp³-hybridized carbons (Fsp3) is 0.312. The van der Waals surface area contributed by atoms with E-state index < -0.39 is 0 Å². The average molecular weight is 339 g/mol. The highest BCUT2D eigenvalue weighted by Gasteiger charge is 2.25. The van der Waals surface area contributed by atoms with Gasteiger partial charge < -0.3 is 10.2 Å². The van der Waals surface area contributed by atoms with Crippen molar-refractivity contribution in [2.75, 3.05) is 18.0 Å². The number of aromatic nitrogens is 5. The van der Waals surface area contributed by atoms with E-state index in [2.05, 4.69) is 25.5 Å². The maximum Gasteiger partial charge on any atom is 0.347 e. The van der Waals surface area contributed by atoms with Crippen LogP contribution in [0.2, 0.25) is 0 Å². The first-order valence-corrected chi connectivity index (χ1v) is 8.10. The highest BCUT2D eigenvalue weighted by molar-refractivity contribution is 5.94. The van der Waals surface area contributed by atoms with Gasteiger partial charge in [0.1, 0.15) is 0 Å². The van der Waals surface area contributed by atoms with Crippen LogP contribution < -0.4 is 15.9 Å². The summed E-state index contributed by atoms with van der Waals surface area (Å²) in [6.45, 7) is 1.41. The number of nitrogens with zero attached hydrogens (tertiary/aromatic N) is 5. The molecule has 0 saturated carbocycles. The molecule has 128 valence electrons. The van der Waals surface area contributed by atoms with Crippen molar-refractivity contribution in [2.45, 2.75) is 18.9 Å². The molecule has 1 aliphatic rings. The Labute approximate surface area is 142 Å². The van der Waals surface area contributed by atoms with Gasteiger partial charge in [-0.05, 0) is 25.0 Å². The molecule has 0 aromatic carbocycles. The van der Waals surface area contributed by atoms with E-state index in [1.807, 2.05) is 4.90 Å². The third-order valence-electron chi connectivity index (χ3n) is 4.30. The van der Waals surface area contributed by atoms with Crippen LogP contribution in [-0.4, -0.2) is 49.6 Å². The van der Waals surface area contributed by atoms with Crippen molar-refractivity contribution in [3.05, 3.63) is 53.0 Å². The number of pyridine rings is 1. The van der Waals surface area contributed by atoms with Gasteiger partial charge in [0.25, 0.3) is 5.91 Å². The molecule has 1 unspecified atom stereocenters. The van der Waals surface area contributed by atoms with E-state index in [0.717, 1.165) is 19.4 Å². The van der Waals surface area contributed by atoms with E-state index in [1.165, 1.54) is 4.40 Å². The van der Waals surface area contributed by atoms with Crippen molar-refractivity contribution < 1.29 is 4.79 Å². The Morgan fingerprint density at radius 1 is 1.36 bits per heavy atom. The number of hydrogen-bond acceptors (Lipinski definition) is 6. The minimum atomic E-state index is -0.294. The highest BCUT2D eigenvalue weighted by Crippen LogP contribution is 2.20. The Morgan fingerprint density at radius 2 is 2.28 bits per heavy atom. The summed E-state index contributed by atoms with van der Waals surface area (Å²) in [5.74, 6) is 0.503. The standard InChI is InChI=1S/C16H17N7O2/c24-15(11-3-1-5-17-9-11)19-12-4-2-7-22(10-12)13-14-20-21-16(25)23(14)8-6-18-13/h1,3,5-6,8-9,12H,2,4,7,10H2,(H,19,24)(H,21,25). The largest absolute Gasteiger partial charge is 0.351 e. The first-order chi connectivity index (χ1) is 12.2. The van der Waals surface area contributed by atoms with Crippen LogP contribution in [0.4, 0.5) is 5.82 Å². The minimum absolute atomic E-state index is 0.00539. The Bertz CT molecular complexity index is 950. The Hall–Kier alpha value is -3.23. The number of hydrogen-bond donors (Lipinski definition) is 2. The highest BCUT2D eigenvalue weighted by atomic mass is 16.2. The van der Waals surface area contributed by atoms with Gasteiger partial charge in [-0.25, -0.2) is 19.3 Å². The smallest absolute Gasteiger partial charge is 0.347 e. The van der Waals surface area contributed by atoms with Gasteiger partial charge in [0.15, 0.2) is 5.82 Å². The van der Waals surface area contributed by atoms with Gasteiger partial charge in [-0.3, -0.25) is 9.78 Å². The molecule has 1 amide bonds. The molecule has 0 radical (unpaired) electrons. The van der Waals surface area contributed by atoms with Crippen LogP contribution in [-0.2, 0) is 0 Å².